The predicted octanol–water partition coefficient (Wildman–Crippen LogP) is 7.58. The summed E-state index contributed by atoms with van der Waals surface area (Å²) in [6.07, 6.45) is 0. The van der Waals surface area contributed by atoms with Gasteiger partial charge in [-0.25, -0.2) is 9.37 Å². The molecule has 8 nitrogen and oxygen atoms in total. The molecule has 4 aromatic carbocycles. The number of carbonyl (C=O) groups is 2. The number of nitro benzene ring substituents is 1. The molecule has 41 heavy (non-hydrogen) atoms. The van der Waals surface area contributed by atoms with Gasteiger partial charge in [0.25, 0.3) is 11.6 Å². The summed E-state index contributed by atoms with van der Waals surface area (Å²) in [7, 11) is 0. The van der Waals surface area contributed by atoms with Gasteiger partial charge in [0.15, 0.2) is 5.13 Å². The number of non-ortho nitro benzene ring substituents is 1. The van der Waals surface area contributed by atoms with Gasteiger partial charge in [-0.2, -0.15) is 0 Å². The Morgan fingerprint density at radius 1 is 0.902 bits per heavy atom. The normalized spacial score (nSPS) is 11.4. The minimum absolute atomic E-state index is 0.0473. The molecule has 0 aliphatic carbocycles. The number of nitrogens with one attached hydrogen (secondary N) is 2. The van der Waals surface area contributed by atoms with Crippen molar-refractivity contribution < 1.29 is 18.9 Å². The zero-order valence-corrected chi connectivity index (χ0v) is 22.8. The van der Waals surface area contributed by atoms with Crippen molar-refractivity contribution >= 4 is 51.4 Å². The van der Waals surface area contributed by atoms with Crippen molar-refractivity contribution in [3.63, 3.8) is 0 Å². The van der Waals surface area contributed by atoms with E-state index in [0.717, 1.165) is 5.56 Å². The highest BCUT2D eigenvalue weighted by Crippen LogP contribution is 2.38. The van der Waals surface area contributed by atoms with Crippen molar-refractivity contribution in [3.8, 4) is 11.3 Å². The molecule has 11 heteroatoms. The summed E-state index contributed by atoms with van der Waals surface area (Å²) in [5.41, 5.74) is 2.17. The first-order valence-corrected chi connectivity index (χ1v) is 14.0. The SMILES string of the molecule is O=C(Nc1cccc(SC(C(=O)Nc2nc(-c3cccc([N+](=O)[O-])c3)cs2)c2ccccc2)c1)c1ccccc1F. The van der Waals surface area contributed by atoms with Crippen LogP contribution >= 0.6 is 23.1 Å². The Balaban J connectivity index is 1.34. The molecule has 1 atom stereocenters. The van der Waals surface area contributed by atoms with Crippen LogP contribution in [0.25, 0.3) is 11.3 Å². The number of benzene rings is 4. The van der Waals surface area contributed by atoms with Crippen molar-refractivity contribution in [1.82, 2.24) is 4.98 Å². The molecule has 1 aromatic heterocycles. The van der Waals surface area contributed by atoms with Crippen molar-refractivity contribution in [1.29, 1.82) is 0 Å². The average molecular weight is 585 g/mol. The summed E-state index contributed by atoms with van der Waals surface area (Å²) >= 11 is 2.50. The number of rotatable bonds is 9. The average Bonchev–Trinajstić information content (AvgIpc) is 3.45. The lowest BCUT2D eigenvalue weighted by Gasteiger charge is -2.17. The second kappa shape index (κ2) is 12.5. The molecule has 204 valence electrons. The fourth-order valence-electron chi connectivity index (χ4n) is 3.94. The molecule has 0 aliphatic rings. The fraction of sp³-hybridized carbons (Fsp3) is 0.0333. The van der Waals surface area contributed by atoms with Crippen LogP contribution in [-0.4, -0.2) is 21.7 Å². The number of thiazole rings is 1. The summed E-state index contributed by atoms with van der Waals surface area (Å²) in [6.45, 7) is 0. The van der Waals surface area contributed by atoms with Crippen LogP contribution in [0.3, 0.4) is 0 Å². The maximum Gasteiger partial charge on any atom is 0.270 e. The van der Waals surface area contributed by atoms with E-state index in [1.807, 2.05) is 36.4 Å². The minimum atomic E-state index is -0.668. The van der Waals surface area contributed by atoms with Crippen LogP contribution in [0.15, 0.2) is 113 Å². The van der Waals surface area contributed by atoms with E-state index in [1.54, 1.807) is 41.8 Å². The lowest BCUT2D eigenvalue weighted by Crippen LogP contribution is -2.19. The monoisotopic (exact) mass is 584 g/mol. The standard InChI is InChI=1S/C30H21FN4O4S2/c31-25-15-5-4-14-24(25)28(36)32-21-11-7-13-23(17-21)41-27(19-8-2-1-3-9-19)29(37)34-30-33-26(18-40-30)20-10-6-12-22(16-20)35(38)39/h1-18,27H,(H,32,36)(H,33,34,37). The van der Waals surface area contributed by atoms with E-state index in [2.05, 4.69) is 15.6 Å². The Morgan fingerprint density at radius 2 is 1.66 bits per heavy atom. The van der Waals surface area contributed by atoms with Crippen LogP contribution in [0.1, 0.15) is 21.2 Å². The van der Waals surface area contributed by atoms with Crippen LogP contribution in [-0.2, 0) is 4.79 Å². The minimum Gasteiger partial charge on any atom is -0.322 e. The van der Waals surface area contributed by atoms with Gasteiger partial charge in [-0.15, -0.1) is 23.1 Å². The lowest BCUT2D eigenvalue weighted by molar-refractivity contribution is -0.384. The quantitative estimate of drug-likeness (QED) is 0.105. The number of nitro groups is 1. The molecule has 2 N–H and O–H groups in total. The van der Waals surface area contributed by atoms with Crippen molar-refractivity contribution in [3.05, 3.63) is 136 Å². The number of amides is 2. The van der Waals surface area contributed by atoms with Gasteiger partial charge in [-0.3, -0.25) is 19.7 Å². The zero-order valence-electron chi connectivity index (χ0n) is 21.2. The molecular weight excluding hydrogens is 563 g/mol. The Hall–Kier alpha value is -4.87. The molecule has 0 fully saturated rings. The second-order valence-electron chi connectivity index (χ2n) is 8.70. The van der Waals surface area contributed by atoms with Gasteiger partial charge in [0.05, 0.1) is 16.2 Å². The zero-order chi connectivity index (χ0) is 28.8. The highest BCUT2D eigenvalue weighted by atomic mass is 32.2. The van der Waals surface area contributed by atoms with Crippen molar-refractivity contribution in [2.24, 2.45) is 0 Å². The number of nitrogens with zero attached hydrogens (tertiary/aromatic N) is 2. The maximum atomic E-state index is 14.1. The number of hydrogen-bond donors (Lipinski definition) is 2. The summed E-state index contributed by atoms with van der Waals surface area (Å²) in [5.74, 6) is -1.51. The van der Waals surface area contributed by atoms with Gasteiger partial charge in [0.1, 0.15) is 11.1 Å². The van der Waals surface area contributed by atoms with E-state index in [4.69, 9.17) is 0 Å². The van der Waals surface area contributed by atoms with E-state index < -0.39 is 21.9 Å². The predicted molar refractivity (Wildman–Crippen MR) is 159 cm³/mol. The molecule has 0 saturated heterocycles. The van der Waals surface area contributed by atoms with E-state index in [0.29, 0.717) is 27.0 Å². The first-order chi connectivity index (χ1) is 19.9. The molecular formula is C30H21FN4O4S2. The molecule has 0 saturated carbocycles. The third-order valence-corrected chi connectivity index (χ3v) is 7.90. The van der Waals surface area contributed by atoms with Gasteiger partial charge >= 0.3 is 0 Å². The van der Waals surface area contributed by atoms with Crippen LogP contribution in [0, 0.1) is 15.9 Å². The maximum absolute atomic E-state index is 14.1. The largest absolute Gasteiger partial charge is 0.322 e. The van der Waals surface area contributed by atoms with Crippen LogP contribution < -0.4 is 10.6 Å². The molecule has 2 amide bonds. The van der Waals surface area contributed by atoms with Crippen LogP contribution in [0.4, 0.5) is 20.9 Å². The Kier molecular flexibility index (Phi) is 8.47. The topological polar surface area (TPSA) is 114 Å². The number of hydrogen-bond acceptors (Lipinski definition) is 7. The van der Waals surface area contributed by atoms with E-state index in [-0.39, 0.29) is 17.2 Å². The molecule has 0 aliphatic heterocycles. The van der Waals surface area contributed by atoms with E-state index >= 15 is 0 Å². The molecule has 5 aromatic rings. The summed E-state index contributed by atoms with van der Waals surface area (Å²) in [4.78, 5) is 42.0. The fourth-order valence-corrected chi connectivity index (χ4v) is 5.75. The number of anilines is 2. The van der Waals surface area contributed by atoms with E-state index in [1.165, 1.54) is 53.4 Å². The molecule has 1 unspecified atom stereocenters. The molecule has 0 bridgehead atoms. The number of carbonyl (C=O) groups excluding carboxylic acids is 2. The number of thioether (sulfide) groups is 1. The van der Waals surface area contributed by atoms with Gasteiger partial charge in [0, 0.05) is 33.7 Å². The molecule has 5 rings (SSSR count). The first-order valence-electron chi connectivity index (χ1n) is 12.3. The second-order valence-corrected chi connectivity index (χ2v) is 10.7. The molecule has 0 radical (unpaired) electrons. The summed E-state index contributed by atoms with van der Waals surface area (Å²) < 4.78 is 14.1. The summed E-state index contributed by atoms with van der Waals surface area (Å²) in [6, 6.07) is 28.0. The third-order valence-electron chi connectivity index (χ3n) is 5.89. The van der Waals surface area contributed by atoms with Crippen molar-refractivity contribution in [2.45, 2.75) is 10.1 Å². The number of aromatic nitrogens is 1. The lowest BCUT2D eigenvalue weighted by atomic mass is 10.1. The van der Waals surface area contributed by atoms with Gasteiger partial charge in [-0.05, 0) is 35.9 Å². The van der Waals surface area contributed by atoms with Crippen LogP contribution in [0.2, 0.25) is 0 Å². The van der Waals surface area contributed by atoms with Crippen molar-refractivity contribution in [2.75, 3.05) is 10.6 Å². The van der Waals surface area contributed by atoms with Gasteiger partial charge in [-0.1, -0.05) is 60.7 Å². The highest BCUT2D eigenvalue weighted by Gasteiger charge is 2.24. The number of halogens is 1. The van der Waals surface area contributed by atoms with Gasteiger partial charge < -0.3 is 10.6 Å². The highest BCUT2D eigenvalue weighted by molar-refractivity contribution is 8.00. The Morgan fingerprint density at radius 3 is 2.44 bits per heavy atom. The van der Waals surface area contributed by atoms with E-state index in [9.17, 15) is 24.1 Å². The summed E-state index contributed by atoms with van der Waals surface area (Å²) in [5, 5.41) is 18.1. The Bertz CT molecular complexity index is 1730. The van der Waals surface area contributed by atoms with Crippen LogP contribution in [0.5, 0.6) is 0 Å². The third kappa shape index (κ3) is 6.83. The first kappa shape index (κ1) is 27.7. The Labute approximate surface area is 242 Å². The smallest absolute Gasteiger partial charge is 0.270 e. The molecule has 1 heterocycles. The van der Waals surface area contributed by atoms with Gasteiger partial charge in [0.2, 0.25) is 5.91 Å². The molecule has 0 spiro atoms.